The average Bonchev–Trinajstić information content (AvgIpc) is 2.64. The van der Waals surface area contributed by atoms with E-state index in [1.54, 1.807) is 0 Å². The number of hydrazone groups is 2. The van der Waals surface area contributed by atoms with Gasteiger partial charge in [-0.05, 0) is 12.8 Å². The summed E-state index contributed by atoms with van der Waals surface area (Å²) >= 11 is 0. The largest absolute Gasteiger partial charge is 0.481 e. The standard InChI is InChI=1S/C16H22N4O10/c21-11(19-17-9(15(27)28)5-7-13(23)24)3-1-2-4-12(22)20-18-10(16(29)30)6-8-14(25)26/h1-8H2,(H,19,21)(H,20,22)(H,23,24)(H,25,26)(H,27,28)(H,29,30)/b17-9-,18-10-. The van der Waals surface area contributed by atoms with Crippen LogP contribution in [0.4, 0.5) is 0 Å². The molecule has 0 aromatic carbocycles. The second-order valence-corrected chi connectivity index (χ2v) is 5.79. The van der Waals surface area contributed by atoms with Gasteiger partial charge in [0.25, 0.3) is 0 Å². The van der Waals surface area contributed by atoms with Crippen LogP contribution in [-0.2, 0) is 28.8 Å². The molecule has 0 bridgehead atoms. The normalized spacial score (nSPS) is 11.5. The number of unbranched alkanes of at least 4 members (excludes halogenated alkanes) is 1. The summed E-state index contributed by atoms with van der Waals surface area (Å²) in [5, 5.41) is 41.5. The number of carboxylic acid groups (broad SMARTS) is 4. The van der Waals surface area contributed by atoms with Gasteiger partial charge >= 0.3 is 23.9 Å². The number of nitrogens with zero attached hydrogens (tertiary/aromatic N) is 2. The zero-order valence-electron chi connectivity index (χ0n) is 15.8. The van der Waals surface area contributed by atoms with E-state index >= 15 is 0 Å². The Morgan fingerprint density at radius 2 is 0.867 bits per heavy atom. The van der Waals surface area contributed by atoms with E-state index in [-0.39, 0.29) is 38.5 Å². The molecule has 14 heteroatoms. The molecule has 0 atom stereocenters. The molecule has 0 aliphatic carbocycles. The van der Waals surface area contributed by atoms with E-state index in [2.05, 4.69) is 10.2 Å². The van der Waals surface area contributed by atoms with Crippen molar-refractivity contribution < 1.29 is 49.2 Å². The van der Waals surface area contributed by atoms with Gasteiger partial charge in [-0.25, -0.2) is 20.4 Å². The predicted octanol–water partition coefficient (Wildman–Crippen LogP) is -0.610. The highest BCUT2D eigenvalue weighted by Crippen LogP contribution is 2.01. The fourth-order valence-corrected chi connectivity index (χ4v) is 1.81. The SMILES string of the molecule is O=C(O)CC/C(=N/NC(=O)CCCCC(=O)N/N=C(/CCC(=O)O)C(=O)O)C(=O)O. The Balaban J connectivity index is 4.31. The summed E-state index contributed by atoms with van der Waals surface area (Å²) in [4.78, 5) is 65.9. The number of hydrogen-bond donors (Lipinski definition) is 6. The lowest BCUT2D eigenvalue weighted by Crippen LogP contribution is -2.24. The number of rotatable bonds is 15. The van der Waals surface area contributed by atoms with E-state index in [4.69, 9.17) is 20.4 Å². The van der Waals surface area contributed by atoms with Crippen molar-refractivity contribution in [2.24, 2.45) is 10.2 Å². The maximum absolute atomic E-state index is 11.6. The molecule has 0 fully saturated rings. The van der Waals surface area contributed by atoms with Crippen molar-refractivity contribution in [3.05, 3.63) is 0 Å². The van der Waals surface area contributed by atoms with Gasteiger partial charge in [-0.3, -0.25) is 19.2 Å². The third kappa shape index (κ3) is 13.3. The monoisotopic (exact) mass is 430 g/mol. The Morgan fingerprint density at radius 1 is 0.533 bits per heavy atom. The van der Waals surface area contributed by atoms with E-state index in [9.17, 15) is 28.8 Å². The van der Waals surface area contributed by atoms with Crippen molar-refractivity contribution in [3.8, 4) is 0 Å². The highest BCUT2D eigenvalue weighted by atomic mass is 16.4. The van der Waals surface area contributed by atoms with Crippen molar-refractivity contribution in [3.63, 3.8) is 0 Å². The molecule has 30 heavy (non-hydrogen) atoms. The zero-order valence-corrected chi connectivity index (χ0v) is 15.8. The average molecular weight is 430 g/mol. The number of hydrogen-bond acceptors (Lipinski definition) is 8. The molecule has 0 aromatic rings. The molecule has 6 N–H and O–H groups in total. The highest BCUT2D eigenvalue weighted by molar-refractivity contribution is 6.36. The van der Waals surface area contributed by atoms with Crippen LogP contribution in [0.3, 0.4) is 0 Å². The lowest BCUT2D eigenvalue weighted by Gasteiger charge is -2.04. The quantitative estimate of drug-likeness (QED) is 0.109. The van der Waals surface area contributed by atoms with Crippen LogP contribution in [0.1, 0.15) is 51.4 Å². The van der Waals surface area contributed by atoms with Crippen molar-refractivity contribution in [2.45, 2.75) is 51.4 Å². The summed E-state index contributed by atoms with van der Waals surface area (Å²) in [5.74, 6) is -6.62. The predicted molar refractivity (Wildman–Crippen MR) is 98.6 cm³/mol. The van der Waals surface area contributed by atoms with Gasteiger partial charge in [0.1, 0.15) is 11.4 Å². The van der Waals surface area contributed by atoms with Crippen LogP contribution >= 0.6 is 0 Å². The number of carbonyl (C=O) groups excluding carboxylic acids is 2. The van der Waals surface area contributed by atoms with E-state index in [1.807, 2.05) is 10.9 Å². The van der Waals surface area contributed by atoms with Crippen LogP contribution in [-0.4, -0.2) is 67.5 Å². The Bertz CT molecular complexity index is 682. The first-order chi connectivity index (χ1) is 14.0. The fraction of sp³-hybridized carbons (Fsp3) is 0.500. The van der Waals surface area contributed by atoms with Gasteiger partial charge < -0.3 is 20.4 Å². The molecule has 14 nitrogen and oxygen atoms in total. The first-order valence-corrected chi connectivity index (χ1v) is 8.63. The summed E-state index contributed by atoms with van der Waals surface area (Å²) in [6.45, 7) is 0. The Kier molecular flexibility index (Phi) is 12.4. The van der Waals surface area contributed by atoms with Crippen LogP contribution < -0.4 is 10.9 Å². The number of carboxylic acids is 4. The minimum Gasteiger partial charge on any atom is -0.481 e. The third-order valence-electron chi connectivity index (χ3n) is 3.33. The molecule has 0 heterocycles. The van der Waals surface area contributed by atoms with E-state index in [0.29, 0.717) is 0 Å². The van der Waals surface area contributed by atoms with Crippen molar-refractivity contribution in [1.29, 1.82) is 0 Å². The Morgan fingerprint density at radius 3 is 1.13 bits per heavy atom. The molecule has 0 aromatic heterocycles. The van der Waals surface area contributed by atoms with E-state index in [0.717, 1.165) is 0 Å². The first kappa shape index (κ1) is 26.2. The summed E-state index contributed by atoms with van der Waals surface area (Å²) in [6, 6.07) is 0. The molecular weight excluding hydrogens is 408 g/mol. The molecule has 0 spiro atoms. The van der Waals surface area contributed by atoms with Gasteiger partial charge in [0.15, 0.2) is 0 Å². The van der Waals surface area contributed by atoms with Crippen molar-refractivity contribution >= 4 is 47.1 Å². The number of nitrogens with one attached hydrogen (secondary N) is 2. The molecule has 166 valence electrons. The van der Waals surface area contributed by atoms with Gasteiger partial charge in [-0.1, -0.05) is 0 Å². The van der Waals surface area contributed by atoms with Gasteiger partial charge in [0.05, 0.1) is 12.8 Å². The maximum Gasteiger partial charge on any atom is 0.352 e. The second kappa shape index (κ2) is 14.2. The fourth-order valence-electron chi connectivity index (χ4n) is 1.81. The van der Waals surface area contributed by atoms with Crippen LogP contribution in [0.5, 0.6) is 0 Å². The number of amides is 2. The second-order valence-electron chi connectivity index (χ2n) is 5.79. The smallest absolute Gasteiger partial charge is 0.352 e. The zero-order chi connectivity index (χ0) is 23.1. The summed E-state index contributed by atoms with van der Waals surface area (Å²) in [5.41, 5.74) is 2.96. The molecule has 0 aliphatic rings. The Labute approximate surface area is 169 Å². The van der Waals surface area contributed by atoms with Crippen LogP contribution in [0.2, 0.25) is 0 Å². The molecule has 0 saturated carbocycles. The van der Waals surface area contributed by atoms with Crippen LogP contribution in [0.15, 0.2) is 10.2 Å². The maximum atomic E-state index is 11.6. The molecule has 0 saturated heterocycles. The summed E-state index contributed by atoms with van der Waals surface area (Å²) < 4.78 is 0. The highest BCUT2D eigenvalue weighted by Gasteiger charge is 2.14. The van der Waals surface area contributed by atoms with Gasteiger partial charge in [0.2, 0.25) is 11.8 Å². The van der Waals surface area contributed by atoms with Crippen molar-refractivity contribution in [1.82, 2.24) is 10.9 Å². The number of carbonyl (C=O) groups is 6. The Hall–Kier alpha value is -3.84. The van der Waals surface area contributed by atoms with E-state index in [1.165, 1.54) is 0 Å². The molecule has 0 radical (unpaired) electrons. The van der Waals surface area contributed by atoms with Crippen LogP contribution in [0.25, 0.3) is 0 Å². The minimum atomic E-state index is -1.46. The topological polar surface area (TPSA) is 232 Å². The van der Waals surface area contributed by atoms with Crippen LogP contribution in [0, 0.1) is 0 Å². The molecular formula is C16H22N4O10. The first-order valence-electron chi connectivity index (χ1n) is 8.63. The van der Waals surface area contributed by atoms with Gasteiger partial charge in [0, 0.05) is 25.7 Å². The lowest BCUT2D eigenvalue weighted by atomic mass is 10.2. The van der Waals surface area contributed by atoms with E-state index < -0.39 is 60.0 Å². The molecule has 0 unspecified atom stereocenters. The summed E-state index contributed by atoms with van der Waals surface area (Å²) in [7, 11) is 0. The van der Waals surface area contributed by atoms with Gasteiger partial charge in [-0.15, -0.1) is 0 Å². The molecule has 2 amide bonds. The summed E-state index contributed by atoms with van der Waals surface area (Å²) in [6.07, 6.45) is -1.39. The number of aliphatic carboxylic acids is 4. The third-order valence-corrected chi connectivity index (χ3v) is 3.33. The lowest BCUT2D eigenvalue weighted by molar-refractivity contribution is -0.138. The molecule has 0 rings (SSSR count). The minimum absolute atomic E-state index is 0.0924. The van der Waals surface area contributed by atoms with Gasteiger partial charge in [-0.2, -0.15) is 10.2 Å². The van der Waals surface area contributed by atoms with Crippen molar-refractivity contribution in [2.75, 3.05) is 0 Å². The molecule has 0 aliphatic heterocycles.